The Kier molecular flexibility index (Phi) is 4.19. The third-order valence-electron chi connectivity index (χ3n) is 4.13. The van der Waals surface area contributed by atoms with Crippen LogP contribution in [0.1, 0.15) is 11.1 Å². The van der Waals surface area contributed by atoms with E-state index in [2.05, 4.69) is 9.88 Å². The Hall–Kier alpha value is -2.56. The van der Waals surface area contributed by atoms with Gasteiger partial charge in [-0.2, -0.15) is 0 Å². The third kappa shape index (κ3) is 2.99. The molecule has 5 heteroatoms. The van der Waals surface area contributed by atoms with E-state index in [1.807, 2.05) is 51.2 Å². The van der Waals surface area contributed by atoms with Crippen LogP contribution in [0.2, 0.25) is 0 Å². The fraction of sp³-hybridized carbons (Fsp3) is 0.333. The van der Waals surface area contributed by atoms with E-state index < -0.39 is 0 Å². The molecule has 1 amide bonds. The highest BCUT2D eigenvalue weighted by atomic mass is 16.5. The lowest BCUT2D eigenvalue weighted by Crippen LogP contribution is -2.45. The highest BCUT2D eigenvalue weighted by Crippen LogP contribution is 2.30. The molecule has 0 unspecified atom stereocenters. The summed E-state index contributed by atoms with van der Waals surface area (Å²) < 4.78 is 5.80. The number of carbonyl (C=O) groups excluding carboxylic acids is 1. The number of aryl methyl sites for hydroxylation is 2. The summed E-state index contributed by atoms with van der Waals surface area (Å²) >= 11 is 0. The minimum atomic E-state index is -0.0463. The van der Waals surface area contributed by atoms with Gasteiger partial charge in [0.05, 0.1) is 5.69 Å². The standard InChI is InChI=1S/C18H21N3O2/c1-13-6-4-7-14(2)17(13)23-12-16(22)21-11-10-20(3)18-15(21)8-5-9-19-18/h4-9H,10-12H2,1-3H3. The number of benzene rings is 1. The van der Waals surface area contributed by atoms with Crippen molar-refractivity contribution >= 4 is 17.4 Å². The molecule has 1 aromatic carbocycles. The summed E-state index contributed by atoms with van der Waals surface area (Å²) in [5, 5.41) is 0. The molecule has 0 bridgehead atoms. The number of pyridine rings is 1. The number of aromatic nitrogens is 1. The first-order valence-corrected chi connectivity index (χ1v) is 7.73. The molecule has 0 atom stereocenters. The zero-order valence-corrected chi connectivity index (χ0v) is 13.7. The van der Waals surface area contributed by atoms with Gasteiger partial charge in [0, 0.05) is 26.3 Å². The van der Waals surface area contributed by atoms with Gasteiger partial charge in [-0.3, -0.25) is 4.79 Å². The summed E-state index contributed by atoms with van der Waals surface area (Å²) in [6.07, 6.45) is 1.75. The van der Waals surface area contributed by atoms with Crippen LogP contribution in [0, 0.1) is 13.8 Å². The maximum atomic E-state index is 12.6. The van der Waals surface area contributed by atoms with Crippen molar-refractivity contribution in [2.75, 3.05) is 36.5 Å². The number of nitrogens with zero attached hydrogens (tertiary/aromatic N) is 3. The number of carbonyl (C=O) groups is 1. The molecule has 120 valence electrons. The second kappa shape index (κ2) is 6.28. The fourth-order valence-electron chi connectivity index (χ4n) is 2.87. The van der Waals surface area contributed by atoms with Gasteiger partial charge in [-0.05, 0) is 37.1 Å². The molecule has 0 saturated heterocycles. The average molecular weight is 311 g/mol. The van der Waals surface area contributed by atoms with Gasteiger partial charge in [-0.1, -0.05) is 18.2 Å². The van der Waals surface area contributed by atoms with Crippen molar-refractivity contribution in [3.63, 3.8) is 0 Å². The molecular weight excluding hydrogens is 290 g/mol. The topological polar surface area (TPSA) is 45.7 Å². The van der Waals surface area contributed by atoms with Crippen LogP contribution in [0.4, 0.5) is 11.5 Å². The van der Waals surface area contributed by atoms with Crippen molar-refractivity contribution in [2.45, 2.75) is 13.8 Å². The molecule has 0 spiro atoms. The quantitative estimate of drug-likeness (QED) is 0.874. The Morgan fingerprint density at radius 1 is 1.17 bits per heavy atom. The van der Waals surface area contributed by atoms with E-state index in [4.69, 9.17) is 4.74 Å². The van der Waals surface area contributed by atoms with Crippen molar-refractivity contribution in [2.24, 2.45) is 0 Å². The van der Waals surface area contributed by atoms with E-state index in [-0.39, 0.29) is 12.5 Å². The molecule has 0 N–H and O–H groups in total. The van der Waals surface area contributed by atoms with Crippen LogP contribution in [0.5, 0.6) is 5.75 Å². The molecule has 1 aromatic heterocycles. The molecule has 0 fully saturated rings. The predicted molar refractivity (Wildman–Crippen MR) is 91.3 cm³/mol. The van der Waals surface area contributed by atoms with E-state index in [0.717, 1.165) is 34.9 Å². The van der Waals surface area contributed by atoms with E-state index in [1.54, 1.807) is 11.1 Å². The Labute approximate surface area is 136 Å². The lowest BCUT2D eigenvalue weighted by atomic mass is 10.1. The summed E-state index contributed by atoms with van der Waals surface area (Å²) in [5.74, 6) is 1.58. The summed E-state index contributed by atoms with van der Waals surface area (Å²) in [5.41, 5.74) is 2.92. The van der Waals surface area contributed by atoms with Crippen LogP contribution in [-0.4, -0.2) is 37.6 Å². The number of likely N-dealkylation sites (N-methyl/N-ethyl adjacent to an activating group) is 1. The van der Waals surface area contributed by atoms with Crippen molar-refractivity contribution in [3.05, 3.63) is 47.7 Å². The van der Waals surface area contributed by atoms with E-state index in [1.165, 1.54) is 0 Å². The van der Waals surface area contributed by atoms with Gasteiger partial charge < -0.3 is 14.5 Å². The lowest BCUT2D eigenvalue weighted by Gasteiger charge is -2.34. The first-order valence-electron chi connectivity index (χ1n) is 7.73. The third-order valence-corrected chi connectivity index (χ3v) is 4.13. The number of anilines is 2. The normalized spacial score (nSPS) is 13.7. The molecule has 1 aliphatic rings. The first-order chi connectivity index (χ1) is 11.1. The van der Waals surface area contributed by atoms with Gasteiger partial charge >= 0.3 is 0 Å². The summed E-state index contributed by atoms with van der Waals surface area (Å²) in [7, 11) is 1.99. The van der Waals surface area contributed by atoms with Crippen molar-refractivity contribution in [3.8, 4) is 5.75 Å². The van der Waals surface area contributed by atoms with Gasteiger partial charge in [-0.15, -0.1) is 0 Å². The van der Waals surface area contributed by atoms with Crippen LogP contribution in [0.15, 0.2) is 36.5 Å². The summed E-state index contributed by atoms with van der Waals surface area (Å²) in [6, 6.07) is 9.74. The zero-order chi connectivity index (χ0) is 16.4. The van der Waals surface area contributed by atoms with E-state index in [0.29, 0.717) is 6.54 Å². The van der Waals surface area contributed by atoms with Gasteiger partial charge in [0.25, 0.3) is 5.91 Å². The SMILES string of the molecule is Cc1cccc(C)c1OCC(=O)N1CCN(C)c2ncccc21. The largest absolute Gasteiger partial charge is 0.483 e. The van der Waals surface area contributed by atoms with Crippen LogP contribution >= 0.6 is 0 Å². The zero-order valence-electron chi connectivity index (χ0n) is 13.7. The minimum Gasteiger partial charge on any atom is -0.483 e. The van der Waals surface area contributed by atoms with Crippen LogP contribution < -0.4 is 14.5 Å². The first kappa shape index (κ1) is 15.3. The molecule has 23 heavy (non-hydrogen) atoms. The molecule has 0 radical (unpaired) electrons. The summed E-state index contributed by atoms with van der Waals surface area (Å²) in [6.45, 7) is 5.41. The molecule has 0 aliphatic carbocycles. The maximum absolute atomic E-state index is 12.6. The van der Waals surface area contributed by atoms with Gasteiger partial charge in [0.2, 0.25) is 0 Å². The number of ether oxygens (including phenoxy) is 1. The highest BCUT2D eigenvalue weighted by molar-refractivity contribution is 5.98. The minimum absolute atomic E-state index is 0.0315. The molecular formula is C18H21N3O2. The molecule has 0 saturated carbocycles. The van der Waals surface area contributed by atoms with Gasteiger partial charge in [0.15, 0.2) is 12.4 Å². The van der Waals surface area contributed by atoms with Gasteiger partial charge in [-0.25, -0.2) is 4.98 Å². The van der Waals surface area contributed by atoms with Crippen molar-refractivity contribution in [1.82, 2.24) is 4.98 Å². The van der Waals surface area contributed by atoms with E-state index in [9.17, 15) is 4.79 Å². The Bertz CT molecular complexity index is 710. The monoisotopic (exact) mass is 311 g/mol. The number of para-hydroxylation sites is 1. The lowest BCUT2D eigenvalue weighted by molar-refractivity contribution is -0.120. The van der Waals surface area contributed by atoms with E-state index >= 15 is 0 Å². The number of fused-ring (bicyclic) bond motifs is 1. The highest BCUT2D eigenvalue weighted by Gasteiger charge is 2.26. The average Bonchev–Trinajstić information content (AvgIpc) is 2.55. The van der Waals surface area contributed by atoms with Crippen LogP contribution in [0.25, 0.3) is 0 Å². The Balaban J connectivity index is 1.76. The predicted octanol–water partition coefficient (Wildman–Crippen LogP) is 2.56. The number of amides is 1. The maximum Gasteiger partial charge on any atom is 0.265 e. The second-order valence-electron chi connectivity index (χ2n) is 5.82. The molecule has 2 heterocycles. The molecule has 5 nitrogen and oxygen atoms in total. The van der Waals surface area contributed by atoms with Gasteiger partial charge in [0.1, 0.15) is 5.75 Å². The fourth-order valence-corrected chi connectivity index (χ4v) is 2.87. The van der Waals surface area contributed by atoms with Crippen LogP contribution in [-0.2, 0) is 4.79 Å². The number of hydrogen-bond acceptors (Lipinski definition) is 4. The molecule has 1 aliphatic heterocycles. The number of rotatable bonds is 3. The Morgan fingerprint density at radius 3 is 2.65 bits per heavy atom. The molecule has 3 rings (SSSR count). The van der Waals surface area contributed by atoms with Crippen LogP contribution in [0.3, 0.4) is 0 Å². The summed E-state index contributed by atoms with van der Waals surface area (Å²) in [4.78, 5) is 20.8. The second-order valence-corrected chi connectivity index (χ2v) is 5.82. The van der Waals surface area contributed by atoms with Crippen molar-refractivity contribution < 1.29 is 9.53 Å². The van der Waals surface area contributed by atoms with Crippen molar-refractivity contribution in [1.29, 1.82) is 0 Å². The smallest absolute Gasteiger partial charge is 0.265 e. The Morgan fingerprint density at radius 2 is 1.91 bits per heavy atom. The number of hydrogen-bond donors (Lipinski definition) is 0. The molecule has 2 aromatic rings.